The molecule has 1 aliphatic rings. The summed E-state index contributed by atoms with van der Waals surface area (Å²) in [6, 6.07) is 3.86. The molecule has 1 heterocycles. The average Bonchev–Trinajstić information content (AvgIpc) is 2.25. The number of halogens is 2. The van der Waals surface area contributed by atoms with Gasteiger partial charge in [-0.1, -0.05) is 6.07 Å². The van der Waals surface area contributed by atoms with Crippen molar-refractivity contribution in [2.75, 3.05) is 13.1 Å². The van der Waals surface area contributed by atoms with E-state index < -0.39 is 17.6 Å². The van der Waals surface area contributed by atoms with Gasteiger partial charge in [0.25, 0.3) is 0 Å². The molecule has 0 aliphatic carbocycles. The number of carboxylic acids is 1. The van der Waals surface area contributed by atoms with E-state index >= 15 is 0 Å². The molecular formula is C13H15F2NO2. The maximum atomic E-state index is 13.1. The minimum absolute atomic E-state index is 0.0230. The van der Waals surface area contributed by atoms with Gasteiger partial charge in [0.1, 0.15) is 0 Å². The van der Waals surface area contributed by atoms with Gasteiger partial charge in [-0.3, -0.25) is 9.69 Å². The quantitative estimate of drug-likeness (QED) is 0.898. The molecule has 1 unspecified atom stereocenters. The van der Waals surface area contributed by atoms with E-state index in [2.05, 4.69) is 4.90 Å². The molecule has 1 N–H and O–H groups in total. The Balaban J connectivity index is 1.95. The number of hydrogen-bond acceptors (Lipinski definition) is 2. The van der Waals surface area contributed by atoms with Crippen LogP contribution in [0.25, 0.3) is 0 Å². The van der Waals surface area contributed by atoms with E-state index in [0.29, 0.717) is 18.7 Å². The van der Waals surface area contributed by atoms with Crippen molar-refractivity contribution in [2.45, 2.75) is 19.4 Å². The Morgan fingerprint density at radius 2 is 2.11 bits per heavy atom. The van der Waals surface area contributed by atoms with E-state index in [0.717, 1.165) is 6.07 Å². The van der Waals surface area contributed by atoms with Crippen molar-refractivity contribution < 1.29 is 18.7 Å². The van der Waals surface area contributed by atoms with E-state index in [1.807, 2.05) is 6.92 Å². The Hall–Kier alpha value is -1.49. The summed E-state index contributed by atoms with van der Waals surface area (Å²) < 4.78 is 25.9. The first kappa shape index (κ1) is 13.0. The van der Waals surface area contributed by atoms with Gasteiger partial charge in [-0.15, -0.1) is 0 Å². The number of carboxylic acid groups (broad SMARTS) is 1. The van der Waals surface area contributed by atoms with Gasteiger partial charge in [-0.05, 0) is 30.5 Å². The number of likely N-dealkylation sites (tertiary alicyclic amines) is 1. The zero-order chi connectivity index (χ0) is 13.3. The number of rotatable bonds is 4. The molecule has 1 atom stereocenters. The SMILES string of the molecule is CC(c1ccc(F)c(F)c1)N1CC(CC(=O)O)C1. The second-order valence-electron chi connectivity index (χ2n) is 4.77. The van der Waals surface area contributed by atoms with Crippen molar-refractivity contribution >= 4 is 5.97 Å². The van der Waals surface area contributed by atoms with Gasteiger partial charge < -0.3 is 5.11 Å². The maximum Gasteiger partial charge on any atom is 0.303 e. The Bertz CT molecular complexity index is 458. The number of carbonyl (C=O) groups is 1. The molecule has 0 aromatic heterocycles. The largest absolute Gasteiger partial charge is 0.481 e. The summed E-state index contributed by atoms with van der Waals surface area (Å²) in [5.74, 6) is -2.32. The molecule has 5 heteroatoms. The average molecular weight is 255 g/mol. The van der Waals surface area contributed by atoms with Gasteiger partial charge in [0.05, 0.1) is 6.42 Å². The predicted octanol–water partition coefficient (Wildman–Crippen LogP) is 2.43. The zero-order valence-electron chi connectivity index (χ0n) is 10.1. The smallest absolute Gasteiger partial charge is 0.303 e. The highest BCUT2D eigenvalue weighted by Crippen LogP contribution is 2.30. The van der Waals surface area contributed by atoms with Crippen LogP contribution in [-0.2, 0) is 4.79 Å². The third-order valence-corrected chi connectivity index (χ3v) is 3.42. The van der Waals surface area contributed by atoms with Crippen LogP contribution in [-0.4, -0.2) is 29.1 Å². The fourth-order valence-electron chi connectivity index (χ4n) is 2.29. The molecule has 1 saturated heterocycles. The molecule has 1 aliphatic heterocycles. The van der Waals surface area contributed by atoms with Crippen LogP contribution in [0.15, 0.2) is 18.2 Å². The molecule has 18 heavy (non-hydrogen) atoms. The maximum absolute atomic E-state index is 13.1. The van der Waals surface area contributed by atoms with Gasteiger partial charge in [-0.25, -0.2) is 8.78 Å². The van der Waals surface area contributed by atoms with Gasteiger partial charge in [0.2, 0.25) is 0 Å². The standard InChI is InChI=1S/C13H15F2NO2/c1-8(10-2-3-11(14)12(15)5-10)16-6-9(7-16)4-13(17)18/h2-3,5,8-9H,4,6-7H2,1H3,(H,17,18). The monoisotopic (exact) mass is 255 g/mol. The first-order chi connectivity index (χ1) is 8.47. The van der Waals surface area contributed by atoms with Crippen LogP contribution in [0.4, 0.5) is 8.78 Å². The lowest BCUT2D eigenvalue weighted by molar-refractivity contribution is -0.139. The zero-order valence-corrected chi connectivity index (χ0v) is 10.1. The molecule has 0 saturated carbocycles. The van der Waals surface area contributed by atoms with Crippen LogP contribution < -0.4 is 0 Å². The molecule has 1 aromatic carbocycles. The molecule has 0 bridgehead atoms. The van der Waals surface area contributed by atoms with Crippen molar-refractivity contribution in [3.8, 4) is 0 Å². The van der Waals surface area contributed by atoms with E-state index in [1.54, 1.807) is 6.07 Å². The number of nitrogens with zero attached hydrogens (tertiary/aromatic N) is 1. The number of benzene rings is 1. The predicted molar refractivity (Wildman–Crippen MR) is 62.1 cm³/mol. The summed E-state index contributed by atoms with van der Waals surface area (Å²) in [7, 11) is 0. The first-order valence-corrected chi connectivity index (χ1v) is 5.88. The Morgan fingerprint density at radius 1 is 1.44 bits per heavy atom. The summed E-state index contributed by atoms with van der Waals surface area (Å²) in [5.41, 5.74) is 0.711. The normalized spacial score (nSPS) is 18.4. The van der Waals surface area contributed by atoms with Crippen LogP contribution in [0.3, 0.4) is 0 Å². The minimum atomic E-state index is -0.849. The highest BCUT2D eigenvalue weighted by atomic mass is 19.2. The lowest BCUT2D eigenvalue weighted by Gasteiger charge is -2.42. The molecule has 2 rings (SSSR count). The van der Waals surface area contributed by atoms with Crippen LogP contribution in [0.2, 0.25) is 0 Å². The van der Waals surface area contributed by atoms with Crippen LogP contribution in [0, 0.1) is 17.6 Å². The fraction of sp³-hybridized carbons (Fsp3) is 0.462. The second kappa shape index (κ2) is 5.02. The van der Waals surface area contributed by atoms with E-state index in [9.17, 15) is 13.6 Å². The van der Waals surface area contributed by atoms with Gasteiger partial charge in [0, 0.05) is 19.1 Å². The molecule has 98 valence electrons. The van der Waals surface area contributed by atoms with Crippen molar-refractivity contribution in [1.29, 1.82) is 0 Å². The van der Waals surface area contributed by atoms with Crippen LogP contribution in [0.1, 0.15) is 24.9 Å². The topological polar surface area (TPSA) is 40.5 Å². The highest BCUT2D eigenvalue weighted by molar-refractivity contribution is 5.67. The van der Waals surface area contributed by atoms with Gasteiger partial charge in [-0.2, -0.15) is 0 Å². The molecule has 0 spiro atoms. The Kier molecular flexibility index (Phi) is 3.61. The fourth-order valence-corrected chi connectivity index (χ4v) is 2.29. The molecule has 0 amide bonds. The summed E-state index contributed by atoms with van der Waals surface area (Å²) in [6.07, 6.45) is 0.168. The summed E-state index contributed by atoms with van der Waals surface area (Å²) in [5, 5.41) is 8.65. The van der Waals surface area contributed by atoms with Crippen molar-refractivity contribution in [1.82, 2.24) is 4.90 Å². The molecule has 3 nitrogen and oxygen atoms in total. The van der Waals surface area contributed by atoms with Gasteiger partial charge in [0.15, 0.2) is 11.6 Å². The lowest BCUT2D eigenvalue weighted by atomic mass is 9.92. The van der Waals surface area contributed by atoms with E-state index in [1.165, 1.54) is 6.07 Å². The number of hydrogen-bond donors (Lipinski definition) is 1. The molecule has 1 fully saturated rings. The molecule has 1 aromatic rings. The summed E-state index contributed by atoms with van der Waals surface area (Å²) in [4.78, 5) is 12.6. The Morgan fingerprint density at radius 3 is 2.67 bits per heavy atom. The summed E-state index contributed by atoms with van der Waals surface area (Å²) in [6.45, 7) is 3.28. The second-order valence-corrected chi connectivity index (χ2v) is 4.77. The Labute approximate surface area is 104 Å². The van der Waals surface area contributed by atoms with Crippen molar-refractivity contribution in [3.05, 3.63) is 35.4 Å². The van der Waals surface area contributed by atoms with Crippen molar-refractivity contribution in [3.63, 3.8) is 0 Å². The molecular weight excluding hydrogens is 240 g/mol. The van der Waals surface area contributed by atoms with Gasteiger partial charge >= 0.3 is 5.97 Å². The van der Waals surface area contributed by atoms with Crippen LogP contribution >= 0.6 is 0 Å². The lowest BCUT2D eigenvalue weighted by Crippen LogP contribution is -2.48. The first-order valence-electron chi connectivity index (χ1n) is 5.88. The highest BCUT2D eigenvalue weighted by Gasteiger charge is 2.32. The third-order valence-electron chi connectivity index (χ3n) is 3.42. The number of aliphatic carboxylic acids is 1. The van der Waals surface area contributed by atoms with Crippen molar-refractivity contribution in [2.24, 2.45) is 5.92 Å². The van der Waals surface area contributed by atoms with Crippen LogP contribution in [0.5, 0.6) is 0 Å². The molecule has 0 radical (unpaired) electrons. The van der Waals surface area contributed by atoms with E-state index in [4.69, 9.17) is 5.11 Å². The third kappa shape index (κ3) is 2.67. The minimum Gasteiger partial charge on any atom is -0.481 e. The summed E-state index contributed by atoms with van der Waals surface area (Å²) >= 11 is 0. The van der Waals surface area contributed by atoms with E-state index in [-0.39, 0.29) is 18.4 Å².